The van der Waals surface area contributed by atoms with Crippen LogP contribution in [0.5, 0.6) is 5.88 Å². The number of methoxy groups -OCH3 is 1. The van der Waals surface area contributed by atoms with Gasteiger partial charge in [-0.25, -0.2) is 9.78 Å². The van der Waals surface area contributed by atoms with Crippen molar-refractivity contribution in [2.24, 2.45) is 0 Å². The fraction of sp³-hybridized carbons (Fsp3) is 0.526. The third-order valence-corrected chi connectivity index (χ3v) is 3.70. The van der Waals surface area contributed by atoms with E-state index in [0.29, 0.717) is 5.56 Å². The molecule has 2 aromatic heterocycles. The highest BCUT2D eigenvalue weighted by Crippen LogP contribution is 2.35. The topological polar surface area (TPSA) is 78.3 Å². The van der Waals surface area contributed by atoms with Crippen LogP contribution < -0.4 is 10.1 Å². The zero-order valence-electron chi connectivity index (χ0n) is 17.2. The number of nitrogens with zero attached hydrogens (tertiary/aromatic N) is 3. The van der Waals surface area contributed by atoms with Gasteiger partial charge in [-0.15, -0.1) is 0 Å². The lowest BCUT2D eigenvalue weighted by Gasteiger charge is -2.29. The number of alkyl carbamates (subject to hydrolysis) is 1. The van der Waals surface area contributed by atoms with Gasteiger partial charge in [0, 0.05) is 6.20 Å². The number of rotatable bonds is 5. The van der Waals surface area contributed by atoms with Crippen LogP contribution in [-0.2, 0) is 17.5 Å². The van der Waals surface area contributed by atoms with Crippen LogP contribution in [0.2, 0.25) is 0 Å². The molecule has 2 aromatic rings. The van der Waals surface area contributed by atoms with E-state index in [1.54, 1.807) is 46.8 Å². The van der Waals surface area contributed by atoms with Crippen LogP contribution in [0.15, 0.2) is 24.4 Å². The summed E-state index contributed by atoms with van der Waals surface area (Å²) in [6, 6.07) is 4.11. The van der Waals surface area contributed by atoms with E-state index in [4.69, 9.17) is 9.47 Å². The lowest BCUT2D eigenvalue weighted by atomic mass is 10.1. The third-order valence-electron chi connectivity index (χ3n) is 3.70. The molecular formula is C19H25F3N4O3. The van der Waals surface area contributed by atoms with Gasteiger partial charge in [0.15, 0.2) is 5.69 Å². The standard InChI is InChI=1S/C19H25F3N4O3/c1-17(2,3)29-16(27)24-18(4,5)11-26-13(10-14(25-26)19(20,21)22)12-8-7-9-23-15(12)28-6/h7-10H,11H2,1-6H3,(H,24,27). The Labute approximate surface area is 167 Å². The number of carbonyl (C=O) groups is 1. The molecule has 0 fully saturated rings. The SMILES string of the molecule is COc1ncccc1-c1cc(C(F)(F)F)nn1CC(C)(C)NC(=O)OC(C)(C)C. The number of alkyl halides is 3. The van der Waals surface area contributed by atoms with Crippen LogP contribution in [0.3, 0.4) is 0 Å². The molecule has 0 aliphatic carbocycles. The summed E-state index contributed by atoms with van der Waals surface area (Å²) in [5.41, 5.74) is -2.19. The molecule has 0 aliphatic heterocycles. The summed E-state index contributed by atoms with van der Waals surface area (Å²) >= 11 is 0. The Bertz CT molecular complexity index is 870. The van der Waals surface area contributed by atoms with Crippen molar-refractivity contribution in [2.45, 2.75) is 58.5 Å². The first-order valence-corrected chi connectivity index (χ1v) is 8.87. The van der Waals surface area contributed by atoms with Crippen molar-refractivity contribution >= 4 is 6.09 Å². The van der Waals surface area contributed by atoms with Crippen molar-refractivity contribution in [2.75, 3.05) is 7.11 Å². The van der Waals surface area contributed by atoms with Gasteiger partial charge in [-0.2, -0.15) is 18.3 Å². The van der Waals surface area contributed by atoms with E-state index in [0.717, 1.165) is 6.07 Å². The van der Waals surface area contributed by atoms with E-state index in [1.807, 2.05) is 0 Å². The molecule has 7 nitrogen and oxygen atoms in total. The average Bonchev–Trinajstić information content (AvgIpc) is 2.95. The minimum Gasteiger partial charge on any atom is -0.481 e. The Kier molecular flexibility index (Phi) is 6.15. The molecule has 2 rings (SSSR count). The van der Waals surface area contributed by atoms with E-state index in [-0.39, 0.29) is 18.1 Å². The lowest BCUT2D eigenvalue weighted by molar-refractivity contribution is -0.141. The molecule has 1 amide bonds. The van der Waals surface area contributed by atoms with Crippen molar-refractivity contribution in [3.8, 4) is 17.1 Å². The second-order valence-corrected chi connectivity index (χ2v) is 8.14. The fourth-order valence-corrected chi connectivity index (χ4v) is 2.63. The molecule has 0 radical (unpaired) electrons. The van der Waals surface area contributed by atoms with Gasteiger partial charge < -0.3 is 14.8 Å². The summed E-state index contributed by atoms with van der Waals surface area (Å²) in [5, 5.41) is 6.38. The van der Waals surface area contributed by atoms with Crippen molar-refractivity contribution in [3.05, 3.63) is 30.1 Å². The quantitative estimate of drug-likeness (QED) is 0.790. The molecule has 1 N–H and O–H groups in total. The van der Waals surface area contributed by atoms with E-state index in [2.05, 4.69) is 15.4 Å². The lowest BCUT2D eigenvalue weighted by Crippen LogP contribution is -2.48. The molecule has 0 aliphatic rings. The largest absolute Gasteiger partial charge is 0.481 e. The first kappa shape index (κ1) is 22.5. The second-order valence-electron chi connectivity index (χ2n) is 8.14. The van der Waals surface area contributed by atoms with Gasteiger partial charge >= 0.3 is 12.3 Å². The molecule has 10 heteroatoms. The molecular weight excluding hydrogens is 389 g/mol. The molecule has 0 atom stereocenters. The van der Waals surface area contributed by atoms with Gasteiger partial charge in [-0.1, -0.05) is 0 Å². The van der Waals surface area contributed by atoms with E-state index in [1.165, 1.54) is 18.0 Å². The highest BCUT2D eigenvalue weighted by atomic mass is 19.4. The highest BCUT2D eigenvalue weighted by Gasteiger charge is 2.36. The van der Waals surface area contributed by atoms with E-state index < -0.39 is 29.1 Å². The summed E-state index contributed by atoms with van der Waals surface area (Å²) in [6.45, 7) is 8.43. The van der Waals surface area contributed by atoms with Gasteiger partial charge in [0.1, 0.15) is 5.60 Å². The zero-order valence-corrected chi connectivity index (χ0v) is 17.2. The maximum Gasteiger partial charge on any atom is 0.435 e. The van der Waals surface area contributed by atoms with Crippen LogP contribution >= 0.6 is 0 Å². The molecule has 0 saturated heterocycles. The highest BCUT2D eigenvalue weighted by molar-refractivity contribution is 5.69. The average molecular weight is 414 g/mol. The molecule has 160 valence electrons. The first-order chi connectivity index (χ1) is 13.2. The molecule has 0 spiro atoms. The summed E-state index contributed by atoms with van der Waals surface area (Å²) in [7, 11) is 1.38. The van der Waals surface area contributed by atoms with Crippen molar-refractivity contribution < 1.29 is 27.4 Å². The summed E-state index contributed by atoms with van der Waals surface area (Å²) in [4.78, 5) is 16.1. The van der Waals surface area contributed by atoms with Crippen molar-refractivity contribution in [3.63, 3.8) is 0 Å². The second kappa shape index (κ2) is 7.92. The maximum atomic E-state index is 13.3. The van der Waals surface area contributed by atoms with E-state index in [9.17, 15) is 18.0 Å². The van der Waals surface area contributed by atoms with Crippen LogP contribution in [0.1, 0.15) is 40.3 Å². The van der Waals surface area contributed by atoms with E-state index >= 15 is 0 Å². The minimum absolute atomic E-state index is 0.0459. The van der Waals surface area contributed by atoms with Gasteiger partial charge in [0.2, 0.25) is 5.88 Å². The number of hydrogen-bond donors (Lipinski definition) is 1. The molecule has 29 heavy (non-hydrogen) atoms. The number of nitrogens with one attached hydrogen (secondary N) is 1. The summed E-state index contributed by atoms with van der Waals surface area (Å²) < 4.78 is 51.5. The normalized spacial score (nSPS) is 12.6. The van der Waals surface area contributed by atoms with Gasteiger partial charge in [-0.05, 0) is 52.8 Å². The fourth-order valence-electron chi connectivity index (χ4n) is 2.63. The Hall–Kier alpha value is -2.78. The molecule has 2 heterocycles. The number of ether oxygens (including phenoxy) is 2. The van der Waals surface area contributed by atoms with Crippen molar-refractivity contribution in [1.29, 1.82) is 0 Å². The zero-order chi connectivity index (χ0) is 22.0. The van der Waals surface area contributed by atoms with Gasteiger partial charge in [0.25, 0.3) is 0 Å². The molecule has 0 aromatic carbocycles. The summed E-state index contributed by atoms with van der Waals surface area (Å²) in [5.74, 6) is 0.167. The monoisotopic (exact) mass is 414 g/mol. The van der Waals surface area contributed by atoms with Gasteiger partial charge in [-0.3, -0.25) is 4.68 Å². The Balaban J connectivity index is 2.41. The number of aromatic nitrogens is 3. The smallest absolute Gasteiger partial charge is 0.435 e. The number of amides is 1. The third kappa shape index (κ3) is 6.10. The number of pyridine rings is 1. The predicted octanol–water partition coefficient (Wildman–Crippen LogP) is 4.28. The predicted molar refractivity (Wildman–Crippen MR) is 100 cm³/mol. The summed E-state index contributed by atoms with van der Waals surface area (Å²) in [6.07, 6.45) is -3.83. The number of hydrogen-bond acceptors (Lipinski definition) is 5. The molecule has 0 unspecified atom stereocenters. The molecule has 0 bridgehead atoms. The Morgan fingerprint density at radius 3 is 2.41 bits per heavy atom. The first-order valence-electron chi connectivity index (χ1n) is 8.87. The Morgan fingerprint density at radius 2 is 1.86 bits per heavy atom. The Morgan fingerprint density at radius 1 is 1.21 bits per heavy atom. The van der Waals surface area contributed by atoms with Crippen molar-refractivity contribution in [1.82, 2.24) is 20.1 Å². The van der Waals surface area contributed by atoms with Crippen LogP contribution in [0.25, 0.3) is 11.3 Å². The maximum absolute atomic E-state index is 13.3. The van der Waals surface area contributed by atoms with Crippen LogP contribution in [-0.4, -0.2) is 39.1 Å². The van der Waals surface area contributed by atoms with Gasteiger partial charge in [0.05, 0.1) is 30.5 Å². The number of halogens is 3. The number of carbonyl (C=O) groups excluding carboxylic acids is 1. The van der Waals surface area contributed by atoms with Crippen LogP contribution in [0, 0.1) is 0 Å². The minimum atomic E-state index is -4.63. The van der Waals surface area contributed by atoms with Crippen LogP contribution in [0.4, 0.5) is 18.0 Å². The molecule has 0 saturated carbocycles.